The SMILES string of the molecule is COC(=O)Oc1c(C)c2c(=O)[nH]cnc2n1-c1ccccc1. The second-order valence-electron chi connectivity index (χ2n) is 4.59. The summed E-state index contributed by atoms with van der Waals surface area (Å²) in [5.74, 6) is 0.206. The molecule has 22 heavy (non-hydrogen) atoms. The van der Waals surface area contributed by atoms with Gasteiger partial charge in [0.05, 0.1) is 24.5 Å². The molecule has 0 unspecified atom stereocenters. The van der Waals surface area contributed by atoms with Crippen molar-refractivity contribution in [1.29, 1.82) is 0 Å². The zero-order valence-electron chi connectivity index (χ0n) is 12.0. The molecule has 0 amide bonds. The van der Waals surface area contributed by atoms with E-state index in [0.717, 1.165) is 5.69 Å². The number of benzene rings is 1. The van der Waals surface area contributed by atoms with Crippen molar-refractivity contribution in [3.63, 3.8) is 0 Å². The Morgan fingerprint density at radius 1 is 1.27 bits per heavy atom. The van der Waals surface area contributed by atoms with Gasteiger partial charge in [-0.2, -0.15) is 0 Å². The Morgan fingerprint density at radius 3 is 2.68 bits per heavy atom. The highest BCUT2D eigenvalue weighted by Crippen LogP contribution is 2.31. The van der Waals surface area contributed by atoms with Crippen LogP contribution in [0.1, 0.15) is 5.56 Å². The lowest BCUT2D eigenvalue weighted by molar-refractivity contribution is 0.119. The Bertz CT molecular complexity index is 896. The van der Waals surface area contributed by atoms with Gasteiger partial charge in [-0.25, -0.2) is 9.78 Å². The second-order valence-corrected chi connectivity index (χ2v) is 4.59. The van der Waals surface area contributed by atoms with Crippen LogP contribution >= 0.6 is 0 Å². The molecule has 0 aliphatic heterocycles. The number of para-hydroxylation sites is 1. The van der Waals surface area contributed by atoms with Crippen LogP contribution in [0.2, 0.25) is 0 Å². The third-order valence-corrected chi connectivity index (χ3v) is 3.30. The smallest absolute Gasteiger partial charge is 0.437 e. The number of hydrogen-bond acceptors (Lipinski definition) is 5. The predicted molar refractivity (Wildman–Crippen MR) is 79.5 cm³/mol. The Kier molecular flexibility index (Phi) is 3.38. The summed E-state index contributed by atoms with van der Waals surface area (Å²) in [5.41, 5.74) is 1.34. The fraction of sp³-hybridized carbons (Fsp3) is 0.133. The number of H-pyrrole nitrogens is 1. The number of ether oxygens (including phenoxy) is 2. The predicted octanol–water partition coefficient (Wildman–Crippen LogP) is 2.17. The number of carbonyl (C=O) groups excluding carboxylic acids is 1. The van der Waals surface area contributed by atoms with E-state index in [1.165, 1.54) is 13.4 Å². The van der Waals surface area contributed by atoms with Crippen molar-refractivity contribution < 1.29 is 14.3 Å². The fourth-order valence-corrected chi connectivity index (χ4v) is 2.33. The van der Waals surface area contributed by atoms with E-state index in [2.05, 4.69) is 14.7 Å². The first-order chi connectivity index (χ1) is 10.6. The standard InChI is InChI=1S/C15H13N3O4/c1-9-11-12(16-8-17-13(11)19)18(10-6-4-3-5-7-10)14(9)22-15(20)21-2/h3-8H,1-2H3,(H,16,17,19). The average molecular weight is 299 g/mol. The van der Waals surface area contributed by atoms with E-state index in [1.54, 1.807) is 11.5 Å². The van der Waals surface area contributed by atoms with Crippen LogP contribution in [0.15, 0.2) is 41.5 Å². The summed E-state index contributed by atoms with van der Waals surface area (Å²) in [6.45, 7) is 1.69. The van der Waals surface area contributed by atoms with Crippen LogP contribution in [-0.4, -0.2) is 27.8 Å². The van der Waals surface area contributed by atoms with Gasteiger partial charge < -0.3 is 14.5 Å². The number of hydrogen-bond donors (Lipinski definition) is 1. The summed E-state index contributed by atoms with van der Waals surface area (Å²) in [6.07, 6.45) is 0.449. The van der Waals surface area contributed by atoms with Crippen LogP contribution in [0.5, 0.6) is 5.88 Å². The van der Waals surface area contributed by atoms with Gasteiger partial charge in [0, 0.05) is 5.56 Å². The maximum absolute atomic E-state index is 12.1. The van der Waals surface area contributed by atoms with Crippen molar-refractivity contribution in [3.8, 4) is 11.6 Å². The van der Waals surface area contributed by atoms with Crippen molar-refractivity contribution >= 4 is 17.2 Å². The summed E-state index contributed by atoms with van der Waals surface area (Å²) in [7, 11) is 1.22. The Labute approximate surface area is 125 Å². The monoisotopic (exact) mass is 299 g/mol. The first-order valence-corrected chi connectivity index (χ1v) is 6.53. The van der Waals surface area contributed by atoms with Crippen LogP contribution in [-0.2, 0) is 4.74 Å². The molecule has 0 bridgehead atoms. The number of aryl methyl sites for hydroxylation is 1. The Hall–Kier alpha value is -3.09. The van der Waals surface area contributed by atoms with Gasteiger partial charge in [-0.05, 0) is 19.1 Å². The topological polar surface area (TPSA) is 86.2 Å². The lowest BCUT2D eigenvalue weighted by atomic mass is 10.3. The van der Waals surface area contributed by atoms with Crippen LogP contribution in [0.3, 0.4) is 0 Å². The van der Waals surface area contributed by atoms with E-state index in [9.17, 15) is 9.59 Å². The van der Waals surface area contributed by atoms with Gasteiger partial charge in [-0.3, -0.25) is 9.36 Å². The molecule has 2 heterocycles. The fourth-order valence-electron chi connectivity index (χ4n) is 2.33. The summed E-state index contributed by atoms with van der Waals surface area (Å²) in [5, 5.41) is 0.366. The lowest BCUT2D eigenvalue weighted by Crippen LogP contribution is -2.11. The minimum absolute atomic E-state index is 0.206. The molecule has 0 radical (unpaired) electrons. The number of nitrogens with zero attached hydrogens (tertiary/aromatic N) is 2. The molecule has 0 saturated heterocycles. The zero-order chi connectivity index (χ0) is 15.7. The van der Waals surface area contributed by atoms with E-state index in [1.807, 2.05) is 30.3 Å². The van der Waals surface area contributed by atoms with E-state index in [4.69, 9.17) is 4.74 Å². The first-order valence-electron chi connectivity index (χ1n) is 6.53. The number of methoxy groups -OCH3 is 1. The van der Waals surface area contributed by atoms with E-state index in [-0.39, 0.29) is 11.4 Å². The number of fused-ring (bicyclic) bond motifs is 1. The molecule has 0 atom stereocenters. The van der Waals surface area contributed by atoms with Crippen LogP contribution < -0.4 is 10.3 Å². The molecule has 0 spiro atoms. The highest BCUT2D eigenvalue weighted by atomic mass is 16.7. The number of aromatic amines is 1. The summed E-state index contributed by atoms with van der Waals surface area (Å²) < 4.78 is 11.4. The molecule has 1 aromatic carbocycles. The minimum atomic E-state index is -0.862. The summed E-state index contributed by atoms with van der Waals surface area (Å²) in [4.78, 5) is 30.3. The molecule has 112 valence electrons. The molecule has 0 aliphatic carbocycles. The Morgan fingerprint density at radius 2 is 2.00 bits per heavy atom. The number of rotatable bonds is 2. The van der Waals surface area contributed by atoms with Crippen LogP contribution in [0.4, 0.5) is 4.79 Å². The molecule has 2 aromatic heterocycles. The Balaban J connectivity index is 2.37. The molecule has 3 aromatic rings. The van der Waals surface area contributed by atoms with Crippen LogP contribution in [0.25, 0.3) is 16.7 Å². The first kappa shape index (κ1) is 13.9. The van der Waals surface area contributed by atoms with E-state index in [0.29, 0.717) is 16.6 Å². The zero-order valence-corrected chi connectivity index (χ0v) is 12.0. The maximum Gasteiger partial charge on any atom is 0.514 e. The number of carbonyl (C=O) groups is 1. The van der Waals surface area contributed by atoms with Gasteiger partial charge in [0.2, 0.25) is 5.88 Å². The lowest BCUT2D eigenvalue weighted by Gasteiger charge is -2.10. The molecular formula is C15H13N3O4. The van der Waals surface area contributed by atoms with Crippen molar-refractivity contribution in [2.24, 2.45) is 0 Å². The minimum Gasteiger partial charge on any atom is -0.437 e. The van der Waals surface area contributed by atoms with Gasteiger partial charge in [-0.15, -0.1) is 0 Å². The molecule has 1 N–H and O–H groups in total. The van der Waals surface area contributed by atoms with Crippen molar-refractivity contribution in [2.45, 2.75) is 6.92 Å². The maximum atomic E-state index is 12.1. The van der Waals surface area contributed by atoms with Crippen LogP contribution in [0, 0.1) is 6.92 Å². The van der Waals surface area contributed by atoms with Gasteiger partial charge in [0.25, 0.3) is 5.56 Å². The number of nitrogens with one attached hydrogen (secondary N) is 1. The van der Waals surface area contributed by atoms with E-state index >= 15 is 0 Å². The molecule has 3 rings (SSSR count). The highest BCUT2D eigenvalue weighted by Gasteiger charge is 2.22. The largest absolute Gasteiger partial charge is 0.514 e. The van der Waals surface area contributed by atoms with Crippen molar-refractivity contribution in [3.05, 3.63) is 52.6 Å². The second kappa shape index (κ2) is 5.36. The molecule has 0 saturated carbocycles. The van der Waals surface area contributed by atoms with Gasteiger partial charge in [0.1, 0.15) is 0 Å². The number of aromatic nitrogens is 3. The molecular weight excluding hydrogens is 286 g/mol. The normalized spacial score (nSPS) is 10.6. The highest BCUT2D eigenvalue weighted by molar-refractivity contribution is 5.85. The molecule has 7 nitrogen and oxygen atoms in total. The van der Waals surface area contributed by atoms with Crippen molar-refractivity contribution in [1.82, 2.24) is 14.5 Å². The average Bonchev–Trinajstić information content (AvgIpc) is 2.82. The molecule has 7 heteroatoms. The van der Waals surface area contributed by atoms with E-state index < -0.39 is 6.16 Å². The van der Waals surface area contributed by atoms with Crippen molar-refractivity contribution in [2.75, 3.05) is 7.11 Å². The molecule has 0 aliphatic rings. The van der Waals surface area contributed by atoms with Gasteiger partial charge in [0.15, 0.2) is 5.65 Å². The molecule has 0 fully saturated rings. The van der Waals surface area contributed by atoms with Gasteiger partial charge >= 0.3 is 6.16 Å². The van der Waals surface area contributed by atoms with Gasteiger partial charge in [-0.1, -0.05) is 18.2 Å². The summed E-state index contributed by atoms with van der Waals surface area (Å²) in [6, 6.07) is 9.19. The third-order valence-electron chi connectivity index (χ3n) is 3.30. The summed E-state index contributed by atoms with van der Waals surface area (Å²) >= 11 is 0. The quantitative estimate of drug-likeness (QED) is 0.733. The third kappa shape index (κ3) is 2.12.